The number of hydrogen-bond donors (Lipinski definition) is 1. The molecule has 0 saturated carbocycles. The van der Waals surface area contributed by atoms with Crippen molar-refractivity contribution in [1.82, 2.24) is 5.32 Å². The summed E-state index contributed by atoms with van der Waals surface area (Å²) < 4.78 is 45.8. The lowest BCUT2D eigenvalue weighted by atomic mass is 9.96. The van der Waals surface area contributed by atoms with Crippen molar-refractivity contribution >= 4 is 17.5 Å². The zero-order valence-electron chi connectivity index (χ0n) is 13.5. The minimum atomic E-state index is -4.73. The lowest BCUT2D eigenvalue weighted by Gasteiger charge is -2.24. The minimum absolute atomic E-state index is 0.189. The van der Waals surface area contributed by atoms with E-state index >= 15 is 0 Å². The Kier molecular flexibility index (Phi) is 5.27. The summed E-state index contributed by atoms with van der Waals surface area (Å²) in [6.45, 7) is 0.461. The van der Waals surface area contributed by atoms with Crippen LogP contribution in [-0.4, -0.2) is 18.9 Å². The van der Waals surface area contributed by atoms with Gasteiger partial charge in [0.25, 0.3) is 0 Å². The Morgan fingerprint density at radius 2 is 1.96 bits per heavy atom. The molecule has 0 bridgehead atoms. The molecule has 26 heavy (non-hydrogen) atoms. The van der Waals surface area contributed by atoms with Crippen molar-refractivity contribution in [2.75, 3.05) is 6.61 Å². The third-order valence-electron chi connectivity index (χ3n) is 3.92. The van der Waals surface area contributed by atoms with E-state index in [4.69, 9.17) is 16.3 Å². The van der Waals surface area contributed by atoms with Gasteiger partial charge in [-0.15, -0.1) is 13.2 Å². The van der Waals surface area contributed by atoms with Crippen molar-refractivity contribution < 1.29 is 27.4 Å². The van der Waals surface area contributed by atoms with Crippen molar-refractivity contribution in [2.24, 2.45) is 5.92 Å². The smallest absolute Gasteiger partial charge is 0.492 e. The van der Waals surface area contributed by atoms with Crippen LogP contribution >= 0.6 is 11.6 Å². The number of rotatable bonds is 4. The Hall–Kier alpha value is -2.41. The summed E-state index contributed by atoms with van der Waals surface area (Å²) in [7, 11) is 0. The average Bonchev–Trinajstić information content (AvgIpc) is 2.59. The van der Waals surface area contributed by atoms with Crippen LogP contribution in [0.5, 0.6) is 11.5 Å². The van der Waals surface area contributed by atoms with Crippen LogP contribution in [0.25, 0.3) is 0 Å². The molecular formula is C18H15ClF3NO3. The highest BCUT2D eigenvalue weighted by Crippen LogP contribution is 2.30. The molecule has 1 heterocycles. The molecule has 0 radical (unpaired) electrons. The molecule has 1 aliphatic rings. The topological polar surface area (TPSA) is 47.6 Å². The molecule has 0 saturated heterocycles. The molecule has 8 heteroatoms. The minimum Gasteiger partial charge on any atom is -0.492 e. The summed E-state index contributed by atoms with van der Waals surface area (Å²) in [6, 6.07) is 10.6. The molecule has 1 aliphatic heterocycles. The maximum absolute atomic E-state index is 12.3. The standard InChI is InChI=1S/C18H15ClF3NO3/c19-14-3-6-16-12(8-14)7-13(10-25-16)17(24)23-9-11-1-4-15(5-2-11)26-18(20,21)22/h1-6,8,13H,7,9-10H2,(H,23,24). The number of alkyl halides is 3. The molecule has 1 N–H and O–H groups in total. The Morgan fingerprint density at radius 3 is 2.65 bits per heavy atom. The SMILES string of the molecule is O=C(NCc1ccc(OC(F)(F)F)cc1)C1COc2ccc(Cl)cc2C1. The number of hydrogen-bond acceptors (Lipinski definition) is 3. The van der Waals surface area contributed by atoms with Gasteiger partial charge in [0, 0.05) is 11.6 Å². The van der Waals surface area contributed by atoms with Crippen LogP contribution in [0, 0.1) is 5.92 Å². The summed E-state index contributed by atoms with van der Waals surface area (Å²) in [6.07, 6.45) is -4.21. The average molecular weight is 386 g/mol. The summed E-state index contributed by atoms with van der Waals surface area (Å²) in [5.41, 5.74) is 1.53. The first kappa shape index (κ1) is 18.4. The van der Waals surface area contributed by atoms with Gasteiger partial charge in [0.15, 0.2) is 0 Å². The van der Waals surface area contributed by atoms with Crippen LogP contribution in [0.2, 0.25) is 5.02 Å². The van der Waals surface area contributed by atoms with Crippen LogP contribution in [-0.2, 0) is 17.8 Å². The lowest BCUT2D eigenvalue weighted by molar-refractivity contribution is -0.274. The van der Waals surface area contributed by atoms with Crippen LogP contribution in [0.3, 0.4) is 0 Å². The molecule has 138 valence electrons. The second-order valence-electron chi connectivity index (χ2n) is 5.87. The third kappa shape index (κ3) is 4.82. The predicted octanol–water partition coefficient (Wildman–Crippen LogP) is 4.11. The fourth-order valence-corrected chi connectivity index (χ4v) is 2.87. The Bertz CT molecular complexity index is 793. The highest BCUT2D eigenvalue weighted by Gasteiger charge is 2.31. The highest BCUT2D eigenvalue weighted by atomic mass is 35.5. The molecule has 1 amide bonds. The zero-order valence-corrected chi connectivity index (χ0v) is 14.2. The Morgan fingerprint density at radius 1 is 1.23 bits per heavy atom. The molecule has 3 rings (SSSR count). The first-order valence-corrected chi connectivity index (χ1v) is 8.21. The van der Waals surface area contributed by atoms with E-state index in [9.17, 15) is 18.0 Å². The van der Waals surface area contributed by atoms with Crippen LogP contribution in [0.4, 0.5) is 13.2 Å². The third-order valence-corrected chi connectivity index (χ3v) is 4.16. The predicted molar refractivity (Wildman–Crippen MR) is 89.1 cm³/mol. The maximum atomic E-state index is 12.3. The van der Waals surface area contributed by atoms with E-state index in [1.165, 1.54) is 24.3 Å². The van der Waals surface area contributed by atoms with E-state index in [1.807, 2.05) is 0 Å². The van der Waals surface area contributed by atoms with Gasteiger partial charge in [-0.1, -0.05) is 23.7 Å². The first-order valence-electron chi connectivity index (χ1n) is 7.84. The number of carbonyl (C=O) groups excluding carboxylic acids is 1. The summed E-state index contributed by atoms with van der Waals surface area (Å²) >= 11 is 5.96. The lowest BCUT2D eigenvalue weighted by Crippen LogP contribution is -2.37. The number of benzene rings is 2. The van der Waals surface area contributed by atoms with Gasteiger partial charge < -0.3 is 14.8 Å². The van der Waals surface area contributed by atoms with Crippen molar-refractivity contribution in [2.45, 2.75) is 19.3 Å². The van der Waals surface area contributed by atoms with Gasteiger partial charge in [0.2, 0.25) is 5.91 Å². The number of carbonyl (C=O) groups is 1. The number of halogens is 4. The van der Waals surface area contributed by atoms with E-state index < -0.39 is 6.36 Å². The molecular weight excluding hydrogens is 371 g/mol. The molecule has 0 aliphatic carbocycles. The molecule has 0 aromatic heterocycles. The normalized spacial score (nSPS) is 16.4. The molecule has 1 atom stereocenters. The van der Waals surface area contributed by atoms with Gasteiger partial charge in [0.1, 0.15) is 18.1 Å². The number of amides is 1. The quantitative estimate of drug-likeness (QED) is 0.861. The second-order valence-corrected chi connectivity index (χ2v) is 6.31. The molecule has 2 aromatic rings. The van der Waals surface area contributed by atoms with Gasteiger partial charge in [0.05, 0.1) is 5.92 Å². The van der Waals surface area contributed by atoms with Gasteiger partial charge in [-0.3, -0.25) is 4.79 Å². The molecule has 4 nitrogen and oxygen atoms in total. The molecule has 0 spiro atoms. The van der Waals surface area contributed by atoms with Crippen molar-refractivity contribution in [3.63, 3.8) is 0 Å². The number of nitrogens with one attached hydrogen (secondary N) is 1. The van der Waals surface area contributed by atoms with Crippen LogP contribution in [0.15, 0.2) is 42.5 Å². The van der Waals surface area contributed by atoms with E-state index in [1.54, 1.807) is 18.2 Å². The van der Waals surface area contributed by atoms with E-state index in [2.05, 4.69) is 10.1 Å². The van der Waals surface area contributed by atoms with Crippen LogP contribution < -0.4 is 14.8 Å². The Labute approximate surface area is 152 Å². The van der Waals surface area contributed by atoms with Gasteiger partial charge in [-0.25, -0.2) is 0 Å². The second kappa shape index (κ2) is 7.45. The fourth-order valence-electron chi connectivity index (χ4n) is 2.67. The molecule has 0 fully saturated rings. The van der Waals surface area contributed by atoms with E-state index in [-0.39, 0.29) is 30.7 Å². The summed E-state index contributed by atoms with van der Waals surface area (Å²) in [5.74, 6) is -0.125. The van der Waals surface area contributed by atoms with Gasteiger partial charge in [-0.2, -0.15) is 0 Å². The number of fused-ring (bicyclic) bond motifs is 1. The van der Waals surface area contributed by atoms with Gasteiger partial charge in [-0.05, 0) is 47.9 Å². The van der Waals surface area contributed by atoms with Crippen molar-refractivity contribution in [3.8, 4) is 11.5 Å². The largest absolute Gasteiger partial charge is 0.573 e. The first-order chi connectivity index (χ1) is 12.3. The monoisotopic (exact) mass is 385 g/mol. The molecule has 1 unspecified atom stereocenters. The highest BCUT2D eigenvalue weighted by molar-refractivity contribution is 6.30. The maximum Gasteiger partial charge on any atom is 0.573 e. The Balaban J connectivity index is 1.54. The zero-order chi connectivity index (χ0) is 18.7. The van der Waals surface area contributed by atoms with Crippen molar-refractivity contribution in [3.05, 3.63) is 58.6 Å². The number of ether oxygens (including phenoxy) is 2. The van der Waals surface area contributed by atoms with E-state index in [0.29, 0.717) is 17.0 Å². The van der Waals surface area contributed by atoms with Gasteiger partial charge >= 0.3 is 6.36 Å². The molecule has 2 aromatic carbocycles. The van der Waals surface area contributed by atoms with Crippen LogP contribution in [0.1, 0.15) is 11.1 Å². The van der Waals surface area contributed by atoms with Crippen molar-refractivity contribution in [1.29, 1.82) is 0 Å². The summed E-state index contributed by atoms with van der Waals surface area (Å²) in [4.78, 5) is 12.3. The van der Waals surface area contributed by atoms with E-state index in [0.717, 1.165) is 11.3 Å². The summed E-state index contributed by atoms with van der Waals surface area (Å²) in [5, 5.41) is 3.35. The fraction of sp³-hybridized carbons (Fsp3) is 0.278.